The van der Waals surface area contributed by atoms with Crippen LogP contribution in [0.4, 0.5) is 0 Å². The Hall–Kier alpha value is -3.80. The molecule has 0 spiro atoms. The topological polar surface area (TPSA) is 76.7 Å². The van der Waals surface area contributed by atoms with Gasteiger partial charge in [0.1, 0.15) is 0 Å². The van der Waals surface area contributed by atoms with Gasteiger partial charge < -0.3 is 20.1 Å². The minimum absolute atomic E-state index is 0.0887. The van der Waals surface area contributed by atoms with E-state index in [1.165, 1.54) is 11.1 Å². The normalized spacial score (nSPS) is 11.9. The lowest BCUT2D eigenvalue weighted by molar-refractivity contribution is -0.120. The van der Waals surface area contributed by atoms with Crippen molar-refractivity contribution >= 4 is 11.8 Å². The first-order valence-electron chi connectivity index (χ1n) is 10.2. The number of fused-ring (bicyclic) bond motifs is 1. The summed E-state index contributed by atoms with van der Waals surface area (Å²) in [5.41, 5.74) is 2.84. The van der Waals surface area contributed by atoms with Crippen LogP contribution in [-0.4, -0.2) is 31.7 Å². The second-order valence-electron chi connectivity index (χ2n) is 7.26. The van der Waals surface area contributed by atoms with E-state index in [0.29, 0.717) is 23.6 Å². The number of rotatable bonds is 8. The minimum atomic E-state index is -0.333. The van der Waals surface area contributed by atoms with Gasteiger partial charge in [-0.05, 0) is 35.7 Å². The van der Waals surface area contributed by atoms with Crippen LogP contribution in [0.15, 0.2) is 78.9 Å². The first-order valence-corrected chi connectivity index (χ1v) is 10.2. The number of carbonyl (C=O) groups is 2. The van der Waals surface area contributed by atoms with Crippen molar-refractivity contribution in [2.24, 2.45) is 0 Å². The van der Waals surface area contributed by atoms with Crippen LogP contribution in [0.1, 0.15) is 33.8 Å². The second kappa shape index (κ2) is 9.80. The van der Waals surface area contributed by atoms with Gasteiger partial charge in [-0.1, -0.05) is 60.7 Å². The molecule has 1 aliphatic heterocycles. The molecule has 1 heterocycles. The van der Waals surface area contributed by atoms with Crippen LogP contribution in [0.25, 0.3) is 0 Å². The minimum Gasteiger partial charge on any atom is -0.454 e. The van der Waals surface area contributed by atoms with Gasteiger partial charge in [0.05, 0.1) is 6.54 Å². The Kier molecular flexibility index (Phi) is 6.47. The highest BCUT2D eigenvalue weighted by molar-refractivity contribution is 5.97. The van der Waals surface area contributed by atoms with Crippen molar-refractivity contribution in [1.29, 1.82) is 0 Å². The molecule has 4 rings (SSSR count). The summed E-state index contributed by atoms with van der Waals surface area (Å²) in [6, 6.07) is 25.4. The maximum Gasteiger partial charge on any atom is 0.251 e. The molecule has 0 saturated heterocycles. The number of ether oxygens (including phenoxy) is 2. The van der Waals surface area contributed by atoms with Crippen molar-refractivity contribution < 1.29 is 19.1 Å². The summed E-state index contributed by atoms with van der Waals surface area (Å²) in [6.45, 7) is 0.567. The molecule has 2 N–H and O–H groups in total. The number of benzene rings is 3. The fourth-order valence-electron chi connectivity index (χ4n) is 3.62. The Morgan fingerprint density at radius 1 is 0.806 bits per heavy atom. The molecule has 0 fully saturated rings. The third-order valence-electron chi connectivity index (χ3n) is 5.20. The molecule has 31 heavy (non-hydrogen) atoms. The molecule has 0 aromatic heterocycles. The molecular formula is C25H24N2O4. The molecule has 0 saturated carbocycles. The van der Waals surface area contributed by atoms with Gasteiger partial charge in [0, 0.05) is 18.0 Å². The number of hydrogen-bond acceptors (Lipinski definition) is 4. The lowest BCUT2D eigenvalue weighted by Crippen LogP contribution is -2.37. The largest absolute Gasteiger partial charge is 0.454 e. The predicted molar refractivity (Wildman–Crippen MR) is 117 cm³/mol. The van der Waals surface area contributed by atoms with Crippen LogP contribution in [0.2, 0.25) is 0 Å². The summed E-state index contributed by atoms with van der Waals surface area (Å²) in [4.78, 5) is 24.6. The maximum atomic E-state index is 12.3. The van der Waals surface area contributed by atoms with Crippen LogP contribution in [-0.2, 0) is 4.79 Å². The first kappa shape index (κ1) is 20.5. The van der Waals surface area contributed by atoms with E-state index in [2.05, 4.69) is 34.9 Å². The highest BCUT2D eigenvalue weighted by Gasteiger charge is 2.17. The third kappa shape index (κ3) is 5.22. The van der Waals surface area contributed by atoms with E-state index in [4.69, 9.17) is 9.47 Å². The van der Waals surface area contributed by atoms with Crippen LogP contribution in [0.3, 0.4) is 0 Å². The summed E-state index contributed by atoms with van der Waals surface area (Å²) in [5.74, 6) is 0.769. The summed E-state index contributed by atoms with van der Waals surface area (Å²) >= 11 is 0. The van der Waals surface area contributed by atoms with Gasteiger partial charge >= 0.3 is 0 Å². The van der Waals surface area contributed by atoms with Crippen LogP contribution < -0.4 is 20.1 Å². The van der Waals surface area contributed by atoms with E-state index < -0.39 is 0 Å². The zero-order chi connectivity index (χ0) is 21.5. The summed E-state index contributed by atoms with van der Waals surface area (Å²) < 4.78 is 10.5. The molecule has 2 amide bonds. The molecule has 0 unspecified atom stereocenters. The number of hydrogen-bond donors (Lipinski definition) is 2. The van der Waals surface area contributed by atoms with Gasteiger partial charge in [0.25, 0.3) is 5.91 Å². The van der Waals surface area contributed by atoms with E-state index in [-0.39, 0.29) is 31.1 Å². The van der Waals surface area contributed by atoms with Crippen molar-refractivity contribution in [2.45, 2.75) is 12.3 Å². The van der Waals surface area contributed by atoms with Crippen molar-refractivity contribution in [1.82, 2.24) is 10.6 Å². The number of carbonyl (C=O) groups excluding carboxylic acids is 2. The second-order valence-corrected chi connectivity index (χ2v) is 7.26. The molecule has 0 atom stereocenters. The molecule has 3 aromatic carbocycles. The molecule has 158 valence electrons. The van der Waals surface area contributed by atoms with Gasteiger partial charge in [0.2, 0.25) is 12.7 Å². The smallest absolute Gasteiger partial charge is 0.251 e. The molecule has 6 heteroatoms. The highest BCUT2D eigenvalue weighted by Crippen LogP contribution is 2.32. The van der Waals surface area contributed by atoms with E-state index in [1.807, 2.05) is 36.4 Å². The van der Waals surface area contributed by atoms with Gasteiger partial charge in [-0.3, -0.25) is 9.59 Å². The van der Waals surface area contributed by atoms with E-state index >= 15 is 0 Å². The zero-order valence-electron chi connectivity index (χ0n) is 17.0. The van der Waals surface area contributed by atoms with Crippen LogP contribution in [0.5, 0.6) is 11.5 Å². The van der Waals surface area contributed by atoms with E-state index in [9.17, 15) is 9.59 Å². The Morgan fingerprint density at radius 3 is 2.13 bits per heavy atom. The van der Waals surface area contributed by atoms with Gasteiger partial charge in [-0.25, -0.2) is 0 Å². The van der Waals surface area contributed by atoms with Crippen molar-refractivity contribution in [2.75, 3.05) is 19.9 Å². The van der Waals surface area contributed by atoms with Crippen molar-refractivity contribution in [3.63, 3.8) is 0 Å². The Bertz CT molecular complexity index is 998. The molecule has 0 bridgehead atoms. The molecule has 3 aromatic rings. The van der Waals surface area contributed by atoms with Gasteiger partial charge in [0.15, 0.2) is 11.5 Å². The zero-order valence-corrected chi connectivity index (χ0v) is 17.0. The van der Waals surface area contributed by atoms with E-state index in [1.54, 1.807) is 18.2 Å². The molecule has 0 aliphatic carbocycles. The summed E-state index contributed by atoms with van der Waals surface area (Å²) in [6.07, 6.45) is 0.760. The Balaban J connectivity index is 1.28. The fraction of sp³-hybridized carbons (Fsp3) is 0.200. The SMILES string of the molecule is O=C(CNC(=O)c1ccc2c(c1)OCO2)NCCC(c1ccccc1)c1ccccc1. The average molecular weight is 416 g/mol. The molecule has 1 aliphatic rings. The highest BCUT2D eigenvalue weighted by atomic mass is 16.7. The summed E-state index contributed by atoms with van der Waals surface area (Å²) in [7, 11) is 0. The van der Waals surface area contributed by atoms with Crippen molar-refractivity contribution in [3.8, 4) is 11.5 Å². The van der Waals surface area contributed by atoms with Crippen LogP contribution >= 0.6 is 0 Å². The molecule has 6 nitrogen and oxygen atoms in total. The molecule has 0 radical (unpaired) electrons. The standard InChI is InChI=1S/C25H24N2O4/c28-24(16-27-25(29)20-11-12-22-23(15-20)31-17-30-22)26-14-13-21(18-7-3-1-4-8-18)19-9-5-2-6-10-19/h1-12,15,21H,13-14,16-17H2,(H,26,28)(H,27,29). The fourth-order valence-corrected chi connectivity index (χ4v) is 3.62. The van der Waals surface area contributed by atoms with Gasteiger partial charge in [-0.2, -0.15) is 0 Å². The quantitative estimate of drug-likeness (QED) is 0.589. The first-order chi connectivity index (χ1) is 15.2. The van der Waals surface area contributed by atoms with E-state index in [0.717, 1.165) is 6.42 Å². The lowest BCUT2D eigenvalue weighted by atomic mass is 9.88. The average Bonchev–Trinajstić information content (AvgIpc) is 3.29. The molecular weight excluding hydrogens is 392 g/mol. The maximum absolute atomic E-state index is 12.3. The van der Waals surface area contributed by atoms with Gasteiger partial charge in [-0.15, -0.1) is 0 Å². The monoisotopic (exact) mass is 416 g/mol. The third-order valence-corrected chi connectivity index (χ3v) is 5.20. The number of nitrogens with one attached hydrogen (secondary N) is 2. The Morgan fingerprint density at radius 2 is 1.45 bits per heavy atom. The number of amides is 2. The lowest BCUT2D eigenvalue weighted by Gasteiger charge is -2.18. The summed E-state index contributed by atoms with van der Waals surface area (Å²) in [5, 5.41) is 5.55. The Labute approximate surface area is 181 Å². The van der Waals surface area contributed by atoms with Crippen molar-refractivity contribution in [3.05, 3.63) is 95.6 Å². The van der Waals surface area contributed by atoms with Crippen LogP contribution in [0, 0.1) is 0 Å². The predicted octanol–water partition coefficient (Wildman–Crippen LogP) is 3.48.